The second-order valence-corrected chi connectivity index (χ2v) is 20.3. The minimum absolute atomic E-state index is 0.251. The minimum Gasteiger partial charge on any atom is -0.472 e. The highest BCUT2D eigenvalue weighted by atomic mass is 16.5. The average molecular weight is 984 g/mol. The van der Waals surface area contributed by atoms with Crippen molar-refractivity contribution in [3.05, 3.63) is 263 Å². The number of fused-ring (bicyclic) bond motifs is 12. The molecular weight excluding hydrogens is 931 g/mol. The molecule has 10 aromatic carbocycles. The van der Waals surface area contributed by atoms with Gasteiger partial charge in [0, 0.05) is 67.3 Å². The molecule has 0 saturated carbocycles. The van der Waals surface area contributed by atoms with Gasteiger partial charge in [-0.25, -0.2) is 4.79 Å². The van der Waals surface area contributed by atoms with Crippen molar-refractivity contribution in [1.82, 2.24) is 9.13 Å². The second-order valence-electron chi connectivity index (χ2n) is 20.3. The maximum Gasteiger partial charge on any atom is 0.338 e. The Bertz CT molecular complexity index is 4040. The van der Waals surface area contributed by atoms with Crippen LogP contribution in [0.15, 0.2) is 224 Å². The highest BCUT2D eigenvalue weighted by molar-refractivity contribution is 6.10. The lowest BCUT2D eigenvalue weighted by molar-refractivity contribution is 0.0492. The van der Waals surface area contributed by atoms with Crippen molar-refractivity contribution in [3.63, 3.8) is 0 Å². The van der Waals surface area contributed by atoms with E-state index in [2.05, 4.69) is 211 Å². The first-order valence-electron chi connectivity index (χ1n) is 26.1. The van der Waals surface area contributed by atoms with Crippen molar-refractivity contribution in [2.24, 2.45) is 0 Å². The van der Waals surface area contributed by atoms with Crippen molar-refractivity contribution < 1.29 is 14.3 Å². The Labute approximate surface area is 441 Å². The Morgan fingerprint density at radius 1 is 0.566 bits per heavy atom. The highest BCUT2D eigenvalue weighted by Gasteiger charge is 2.41. The molecule has 3 heterocycles. The molecule has 6 heteroatoms. The quantitative estimate of drug-likeness (QED) is 0.107. The Kier molecular flexibility index (Phi) is 11.3. The van der Waals surface area contributed by atoms with Gasteiger partial charge < -0.3 is 18.6 Å². The Morgan fingerprint density at radius 3 is 1.51 bits per heavy atom. The summed E-state index contributed by atoms with van der Waals surface area (Å²) in [5.41, 5.74) is 15.0. The zero-order valence-electron chi connectivity index (χ0n) is 42.6. The van der Waals surface area contributed by atoms with Gasteiger partial charge in [-0.05, 0) is 114 Å². The summed E-state index contributed by atoms with van der Waals surface area (Å²) in [6.45, 7) is 6.15. The van der Waals surface area contributed by atoms with E-state index in [1.165, 1.54) is 72.8 Å². The third-order valence-corrected chi connectivity index (χ3v) is 15.9. The van der Waals surface area contributed by atoms with Gasteiger partial charge in [0.1, 0.15) is 5.75 Å². The SMILES string of the molecule is CC#N.Cc1ccc2c3c(c(C(=O)OCCCC4(C)c5cc(-n6c7ccccc7c7ccccc76)ccc5-c5ccc(-n6c7ccccc7c7ccccc76)cc54)cc2c1)C=CC(c1ccccc1)(c1ccccc1)O3. The minimum atomic E-state index is -0.901. The third-order valence-electron chi connectivity index (χ3n) is 15.9. The summed E-state index contributed by atoms with van der Waals surface area (Å²) in [6.07, 6.45) is 5.55. The zero-order valence-corrected chi connectivity index (χ0v) is 42.6. The molecule has 1 aliphatic carbocycles. The molecule has 0 radical (unpaired) electrons. The zero-order chi connectivity index (χ0) is 51.5. The number of rotatable bonds is 9. The van der Waals surface area contributed by atoms with Gasteiger partial charge in [0.2, 0.25) is 0 Å². The summed E-state index contributed by atoms with van der Waals surface area (Å²) in [6, 6.07) is 79.5. The van der Waals surface area contributed by atoms with Gasteiger partial charge in [-0.2, -0.15) is 5.26 Å². The van der Waals surface area contributed by atoms with Crippen LogP contribution in [0, 0.1) is 18.3 Å². The van der Waals surface area contributed by atoms with Gasteiger partial charge in [-0.1, -0.05) is 176 Å². The van der Waals surface area contributed by atoms with E-state index >= 15 is 0 Å². The van der Waals surface area contributed by atoms with Crippen molar-refractivity contribution in [2.75, 3.05) is 6.61 Å². The molecule has 14 rings (SSSR count). The number of nitrogens with zero attached hydrogens (tertiary/aromatic N) is 3. The molecule has 0 N–H and O–H groups in total. The molecule has 0 amide bonds. The molecule has 0 atom stereocenters. The second kappa shape index (κ2) is 18.5. The molecule has 0 saturated heterocycles. The molecule has 0 bridgehead atoms. The lowest BCUT2D eigenvalue weighted by atomic mass is 9.76. The fourth-order valence-corrected chi connectivity index (χ4v) is 12.4. The number of para-hydroxylation sites is 4. The first-order valence-corrected chi connectivity index (χ1v) is 26.1. The monoisotopic (exact) mass is 983 g/mol. The molecule has 366 valence electrons. The van der Waals surface area contributed by atoms with E-state index < -0.39 is 11.0 Å². The molecule has 0 spiro atoms. The Hall–Kier alpha value is -9.44. The number of esters is 1. The van der Waals surface area contributed by atoms with Gasteiger partial charge in [0.15, 0.2) is 5.60 Å². The predicted molar refractivity (Wildman–Crippen MR) is 310 cm³/mol. The molecule has 2 aliphatic rings. The maximum atomic E-state index is 14.7. The number of hydrogen-bond acceptors (Lipinski definition) is 4. The van der Waals surface area contributed by atoms with Crippen LogP contribution in [-0.4, -0.2) is 21.7 Å². The Balaban J connectivity index is 0.00000180. The van der Waals surface area contributed by atoms with Crippen molar-refractivity contribution in [3.8, 4) is 34.3 Å². The lowest BCUT2D eigenvalue weighted by Crippen LogP contribution is -2.34. The molecule has 2 aromatic heterocycles. The molecular formula is C70H53N3O3. The normalized spacial score (nSPS) is 13.7. The molecule has 1 aliphatic heterocycles. The van der Waals surface area contributed by atoms with E-state index in [0.29, 0.717) is 17.7 Å². The summed E-state index contributed by atoms with van der Waals surface area (Å²) in [7, 11) is 0. The van der Waals surface area contributed by atoms with Crippen LogP contribution >= 0.6 is 0 Å². The van der Waals surface area contributed by atoms with E-state index in [4.69, 9.17) is 14.7 Å². The first-order chi connectivity index (χ1) is 37.3. The van der Waals surface area contributed by atoms with Crippen molar-refractivity contribution >= 4 is 66.4 Å². The van der Waals surface area contributed by atoms with Gasteiger partial charge >= 0.3 is 5.97 Å². The predicted octanol–water partition coefficient (Wildman–Crippen LogP) is 17.1. The summed E-state index contributed by atoms with van der Waals surface area (Å²) < 4.78 is 18.5. The van der Waals surface area contributed by atoms with Crippen LogP contribution in [0.5, 0.6) is 5.75 Å². The van der Waals surface area contributed by atoms with Crippen LogP contribution in [0.1, 0.15) is 70.4 Å². The standard InChI is InChI=1S/C68H50N2O3.C2H3N/c1-44-30-33-50-45(40-44)41-58(57-36-38-68(73-65(50)57,46-18-5-3-6-19-46)47-20-7-4-8-21-47)66(71)72-39-17-37-67(2)59-42-48(69-61-26-13-9-22-53(61)54-23-10-14-27-62(54)69)31-34-51(59)52-35-32-49(43-60(52)67)70-63-28-15-11-24-55(63)56-25-12-16-29-64(56)70;1-2-3/h3-16,18-36,38,40-43H,17,37,39H2,1-2H3;1H3. The molecule has 0 unspecified atom stereocenters. The molecule has 76 heavy (non-hydrogen) atoms. The van der Waals surface area contributed by atoms with Crippen LogP contribution < -0.4 is 4.74 Å². The number of carbonyl (C=O) groups is 1. The third kappa shape index (κ3) is 7.34. The van der Waals surface area contributed by atoms with Crippen LogP contribution in [0.25, 0.3) is 83.0 Å². The van der Waals surface area contributed by atoms with E-state index in [9.17, 15) is 4.79 Å². The fourth-order valence-electron chi connectivity index (χ4n) is 12.4. The number of ether oxygens (including phenoxy) is 2. The number of carbonyl (C=O) groups excluding carboxylic acids is 1. The average Bonchev–Trinajstić information content (AvgIpc) is 4.11. The highest BCUT2D eigenvalue weighted by Crippen LogP contribution is 2.53. The van der Waals surface area contributed by atoms with E-state index in [1.54, 1.807) is 6.07 Å². The van der Waals surface area contributed by atoms with Crippen LogP contribution in [-0.2, 0) is 15.8 Å². The maximum absolute atomic E-state index is 14.7. The summed E-state index contributed by atoms with van der Waals surface area (Å²) in [4.78, 5) is 14.7. The summed E-state index contributed by atoms with van der Waals surface area (Å²) in [5, 5.41) is 14.1. The van der Waals surface area contributed by atoms with Gasteiger partial charge in [0.05, 0.1) is 40.3 Å². The number of nitriles is 1. The van der Waals surface area contributed by atoms with E-state index in [0.717, 1.165) is 50.8 Å². The smallest absolute Gasteiger partial charge is 0.338 e. The van der Waals surface area contributed by atoms with Crippen LogP contribution in [0.4, 0.5) is 0 Å². The van der Waals surface area contributed by atoms with E-state index in [-0.39, 0.29) is 12.6 Å². The molecule has 12 aromatic rings. The Morgan fingerprint density at radius 2 is 1.03 bits per heavy atom. The first kappa shape index (κ1) is 46.4. The number of benzene rings is 10. The van der Waals surface area contributed by atoms with Crippen molar-refractivity contribution in [1.29, 1.82) is 5.26 Å². The van der Waals surface area contributed by atoms with Gasteiger partial charge in [-0.3, -0.25) is 0 Å². The fraction of sp³-hybridized carbons (Fsp3) is 0.114. The topological polar surface area (TPSA) is 69.2 Å². The van der Waals surface area contributed by atoms with Crippen molar-refractivity contribution in [2.45, 2.75) is 44.6 Å². The van der Waals surface area contributed by atoms with Gasteiger partial charge in [0.25, 0.3) is 0 Å². The van der Waals surface area contributed by atoms with Gasteiger partial charge in [-0.15, -0.1) is 0 Å². The number of aromatic nitrogens is 2. The summed E-state index contributed by atoms with van der Waals surface area (Å²) >= 11 is 0. The largest absolute Gasteiger partial charge is 0.472 e. The van der Waals surface area contributed by atoms with Crippen LogP contribution in [0.3, 0.4) is 0 Å². The van der Waals surface area contributed by atoms with Crippen LogP contribution in [0.2, 0.25) is 0 Å². The lowest BCUT2D eigenvalue weighted by Gasteiger charge is -2.37. The summed E-state index contributed by atoms with van der Waals surface area (Å²) in [5.74, 6) is 0.309. The molecule has 0 fully saturated rings. The number of hydrogen-bond donors (Lipinski definition) is 0. The number of aryl methyl sites for hydroxylation is 1. The van der Waals surface area contributed by atoms with E-state index in [1.807, 2.05) is 42.5 Å². The molecule has 6 nitrogen and oxygen atoms in total.